The third kappa shape index (κ3) is 8.84. The number of carbonyl (C=O) groups is 2. The normalized spacial score (nSPS) is 21.3. The van der Waals surface area contributed by atoms with Crippen molar-refractivity contribution in [1.29, 1.82) is 0 Å². The van der Waals surface area contributed by atoms with Crippen molar-refractivity contribution in [3.8, 4) is 0 Å². The lowest BCUT2D eigenvalue weighted by Gasteiger charge is -2.45. The van der Waals surface area contributed by atoms with Crippen molar-refractivity contribution in [3.63, 3.8) is 0 Å². The molecule has 8 nitrogen and oxygen atoms in total. The molecule has 0 bridgehead atoms. The van der Waals surface area contributed by atoms with Gasteiger partial charge < -0.3 is 29.0 Å². The Morgan fingerprint density at radius 3 is 1.66 bits per heavy atom. The van der Waals surface area contributed by atoms with Crippen LogP contribution in [0.25, 0.3) is 0 Å². The molecule has 5 rings (SSSR count). The monoisotopic (exact) mass is 595 g/mol. The summed E-state index contributed by atoms with van der Waals surface area (Å²) in [6.07, 6.45) is -3.30. The summed E-state index contributed by atoms with van der Waals surface area (Å²) in [7, 11) is 0. The van der Waals surface area contributed by atoms with Gasteiger partial charge in [0.05, 0.1) is 32.0 Å². The quantitative estimate of drug-likeness (QED) is 0.205. The lowest BCUT2D eigenvalue weighted by molar-refractivity contribution is -0.276. The van der Waals surface area contributed by atoms with E-state index in [0.717, 1.165) is 16.7 Å². The van der Waals surface area contributed by atoms with Crippen molar-refractivity contribution in [2.24, 2.45) is 0 Å². The average Bonchev–Trinajstić information content (AvgIpc) is 3.06. The van der Waals surface area contributed by atoms with Crippen LogP contribution in [0.4, 0.5) is 0 Å². The van der Waals surface area contributed by atoms with E-state index in [1.54, 1.807) is 24.3 Å². The van der Waals surface area contributed by atoms with Crippen LogP contribution in [-0.4, -0.2) is 49.1 Å². The number of amides is 1. The Morgan fingerprint density at radius 2 is 1.14 bits per heavy atom. The van der Waals surface area contributed by atoms with Gasteiger partial charge in [-0.15, -0.1) is 0 Å². The first-order chi connectivity index (χ1) is 21.6. The van der Waals surface area contributed by atoms with Crippen LogP contribution in [0, 0.1) is 0 Å². The molecule has 0 unspecified atom stereocenters. The van der Waals surface area contributed by atoms with E-state index in [2.05, 4.69) is 5.32 Å². The summed E-state index contributed by atoms with van der Waals surface area (Å²) in [6.45, 7) is 2.40. The molecule has 0 radical (unpaired) electrons. The van der Waals surface area contributed by atoms with Crippen molar-refractivity contribution >= 4 is 11.9 Å². The molecule has 44 heavy (non-hydrogen) atoms. The molecule has 1 aliphatic rings. The number of benzene rings is 4. The molecule has 1 amide bonds. The molecular formula is C36H37NO7. The van der Waals surface area contributed by atoms with E-state index in [0.29, 0.717) is 12.2 Å². The van der Waals surface area contributed by atoms with Crippen molar-refractivity contribution in [1.82, 2.24) is 5.32 Å². The highest BCUT2D eigenvalue weighted by atomic mass is 16.7. The maximum Gasteiger partial charge on any atom is 0.340 e. The van der Waals surface area contributed by atoms with Gasteiger partial charge in [0, 0.05) is 6.92 Å². The Bertz CT molecular complexity index is 1440. The first kappa shape index (κ1) is 31.1. The fourth-order valence-corrected chi connectivity index (χ4v) is 5.07. The average molecular weight is 596 g/mol. The molecule has 0 spiro atoms. The van der Waals surface area contributed by atoms with Gasteiger partial charge in [0.1, 0.15) is 24.4 Å². The highest BCUT2D eigenvalue weighted by molar-refractivity contribution is 5.89. The Labute approximate surface area is 257 Å². The molecule has 1 saturated heterocycles. The molecule has 1 N–H and O–H groups in total. The number of ether oxygens (including phenoxy) is 5. The van der Waals surface area contributed by atoms with E-state index in [9.17, 15) is 9.59 Å². The number of hydrogen-bond acceptors (Lipinski definition) is 7. The van der Waals surface area contributed by atoms with Crippen LogP contribution < -0.4 is 5.32 Å². The second-order valence-corrected chi connectivity index (χ2v) is 10.6. The number of nitrogens with one attached hydrogen (secondary N) is 1. The number of esters is 1. The van der Waals surface area contributed by atoms with Crippen LogP contribution in [0.2, 0.25) is 0 Å². The molecule has 4 aromatic rings. The van der Waals surface area contributed by atoms with E-state index >= 15 is 0 Å². The van der Waals surface area contributed by atoms with Gasteiger partial charge >= 0.3 is 5.97 Å². The van der Waals surface area contributed by atoms with Crippen molar-refractivity contribution in [2.75, 3.05) is 6.61 Å². The second-order valence-electron chi connectivity index (χ2n) is 10.6. The smallest absolute Gasteiger partial charge is 0.340 e. The predicted octanol–water partition coefficient (Wildman–Crippen LogP) is 5.46. The summed E-state index contributed by atoms with van der Waals surface area (Å²) in [6, 6.07) is 37.1. The van der Waals surface area contributed by atoms with E-state index in [1.165, 1.54) is 6.92 Å². The van der Waals surface area contributed by atoms with Crippen molar-refractivity contribution in [3.05, 3.63) is 144 Å². The number of carbonyl (C=O) groups excluding carboxylic acids is 2. The van der Waals surface area contributed by atoms with Gasteiger partial charge in [-0.05, 0) is 28.8 Å². The molecule has 0 saturated carbocycles. The van der Waals surface area contributed by atoms with Crippen LogP contribution in [0.1, 0.15) is 34.0 Å². The Kier molecular flexibility index (Phi) is 11.3. The fourth-order valence-electron chi connectivity index (χ4n) is 5.07. The minimum absolute atomic E-state index is 0.131. The lowest BCUT2D eigenvalue weighted by atomic mass is 9.95. The summed E-state index contributed by atoms with van der Waals surface area (Å²) in [5.74, 6) is -0.909. The standard InChI is InChI=1S/C36H37NO7/c1-26(38)37-32-34(42-24-29-18-10-4-11-19-29)33(41-23-28-16-8-3-9-17-28)31(25-40-22-27-14-6-2-7-15-27)43-36(32)44-35(39)30-20-12-5-13-21-30/h2-21,31-34,36H,22-25H2,1H3,(H,37,38)/t31-,32-,33+,34-,36+/m1/s1. The molecule has 0 aromatic heterocycles. The first-order valence-corrected chi connectivity index (χ1v) is 14.7. The van der Waals surface area contributed by atoms with Gasteiger partial charge in [-0.2, -0.15) is 0 Å². The molecular weight excluding hydrogens is 558 g/mol. The third-order valence-electron chi connectivity index (χ3n) is 7.21. The zero-order chi connectivity index (χ0) is 30.6. The zero-order valence-electron chi connectivity index (χ0n) is 24.6. The fraction of sp³-hybridized carbons (Fsp3) is 0.278. The van der Waals surface area contributed by atoms with Gasteiger partial charge in [-0.1, -0.05) is 109 Å². The van der Waals surface area contributed by atoms with Crippen LogP contribution >= 0.6 is 0 Å². The summed E-state index contributed by atoms with van der Waals surface area (Å²) in [5.41, 5.74) is 3.27. The number of rotatable bonds is 13. The molecule has 1 aliphatic heterocycles. The largest absolute Gasteiger partial charge is 0.430 e. The Hall–Kier alpha value is -4.34. The zero-order valence-corrected chi connectivity index (χ0v) is 24.6. The van der Waals surface area contributed by atoms with E-state index in [1.807, 2.05) is 97.1 Å². The molecule has 4 aromatic carbocycles. The Balaban J connectivity index is 1.44. The van der Waals surface area contributed by atoms with Crippen LogP contribution in [0.15, 0.2) is 121 Å². The van der Waals surface area contributed by atoms with E-state index < -0.39 is 36.6 Å². The summed E-state index contributed by atoms with van der Waals surface area (Å²) < 4.78 is 31.5. The third-order valence-corrected chi connectivity index (χ3v) is 7.21. The minimum Gasteiger partial charge on any atom is -0.430 e. The van der Waals surface area contributed by atoms with Crippen LogP contribution in [0.3, 0.4) is 0 Å². The Morgan fingerprint density at radius 1 is 0.659 bits per heavy atom. The predicted molar refractivity (Wildman–Crippen MR) is 164 cm³/mol. The lowest BCUT2D eigenvalue weighted by Crippen LogP contribution is -2.66. The second kappa shape index (κ2) is 15.9. The van der Waals surface area contributed by atoms with Crippen LogP contribution in [0.5, 0.6) is 0 Å². The molecule has 1 heterocycles. The van der Waals surface area contributed by atoms with Gasteiger partial charge in [0.15, 0.2) is 0 Å². The minimum atomic E-state index is -1.17. The number of hydrogen-bond donors (Lipinski definition) is 1. The maximum absolute atomic E-state index is 13.2. The first-order valence-electron chi connectivity index (χ1n) is 14.7. The van der Waals surface area contributed by atoms with Gasteiger partial charge in [-0.3, -0.25) is 4.79 Å². The molecule has 0 aliphatic carbocycles. The van der Waals surface area contributed by atoms with E-state index in [-0.39, 0.29) is 25.7 Å². The summed E-state index contributed by atoms with van der Waals surface area (Å²) >= 11 is 0. The van der Waals surface area contributed by atoms with E-state index in [4.69, 9.17) is 23.7 Å². The molecule has 228 valence electrons. The molecule has 8 heteroatoms. The SMILES string of the molecule is CC(=O)N[C@H]1[C@H](OC(=O)c2ccccc2)O[C@H](COCc2ccccc2)[C@H](OCc2ccccc2)[C@@H]1OCc1ccccc1. The van der Waals surface area contributed by atoms with Gasteiger partial charge in [0.25, 0.3) is 0 Å². The van der Waals surface area contributed by atoms with Gasteiger partial charge in [0.2, 0.25) is 12.2 Å². The summed E-state index contributed by atoms with van der Waals surface area (Å²) in [4.78, 5) is 25.7. The summed E-state index contributed by atoms with van der Waals surface area (Å²) in [5, 5.41) is 2.92. The molecule has 1 fully saturated rings. The topological polar surface area (TPSA) is 92.3 Å². The maximum atomic E-state index is 13.2. The van der Waals surface area contributed by atoms with Crippen molar-refractivity contribution in [2.45, 2.75) is 57.4 Å². The van der Waals surface area contributed by atoms with Crippen molar-refractivity contribution < 1.29 is 33.3 Å². The highest BCUT2D eigenvalue weighted by Gasteiger charge is 2.50. The van der Waals surface area contributed by atoms with Gasteiger partial charge in [-0.25, -0.2) is 4.79 Å². The highest BCUT2D eigenvalue weighted by Crippen LogP contribution is 2.30. The molecule has 5 atom stereocenters. The van der Waals surface area contributed by atoms with Crippen LogP contribution in [-0.2, 0) is 48.3 Å².